The number of nitrogens with one attached hydrogen (secondary N) is 1. The van der Waals surface area contributed by atoms with Crippen molar-refractivity contribution in [3.63, 3.8) is 0 Å². The lowest BCUT2D eigenvalue weighted by atomic mass is 10.1. The van der Waals surface area contributed by atoms with E-state index in [0.717, 1.165) is 11.1 Å². The smallest absolute Gasteiger partial charge is 0.265 e. The van der Waals surface area contributed by atoms with Gasteiger partial charge in [-0.15, -0.1) is 0 Å². The average molecular weight is 439 g/mol. The quantitative estimate of drug-likeness (QED) is 0.663. The summed E-state index contributed by atoms with van der Waals surface area (Å²) in [5, 5.41) is 3.42. The summed E-state index contributed by atoms with van der Waals surface area (Å²) in [4.78, 5) is 12.6. The molecular formula is C21H27ClN2O4S. The van der Waals surface area contributed by atoms with Crippen molar-refractivity contribution in [2.45, 2.75) is 45.6 Å². The molecule has 0 heterocycles. The Hall–Kier alpha value is -2.09. The Bertz CT molecular complexity index is 948. The fourth-order valence-electron chi connectivity index (χ4n) is 2.90. The second-order valence-corrected chi connectivity index (χ2v) is 9.05. The highest BCUT2D eigenvalue weighted by atomic mass is 35.5. The number of nitrogens with zero attached hydrogens (tertiary/aromatic N) is 1. The first kappa shape index (κ1) is 23.2. The van der Waals surface area contributed by atoms with Crippen molar-refractivity contribution in [2.24, 2.45) is 0 Å². The van der Waals surface area contributed by atoms with Crippen LogP contribution in [0.1, 0.15) is 31.9 Å². The number of anilines is 1. The summed E-state index contributed by atoms with van der Waals surface area (Å²) in [6, 6.07) is 9.68. The van der Waals surface area contributed by atoms with Gasteiger partial charge in [0.25, 0.3) is 5.91 Å². The number of halogens is 1. The third kappa shape index (κ3) is 5.50. The monoisotopic (exact) mass is 438 g/mol. The molecule has 0 fully saturated rings. The number of amides is 1. The van der Waals surface area contributed by atoms with Gasteiger partial charge in [-0.2, -0.15) is 4.31 Å². The molecule has 1 atom stereocenters. The Morgan fingerprint density at radius 3 is 2.10 bits per heavy atom. The summed E-state index contributed by atoms with van der Waals surface area (Å²) in [5.74, 6) is 0.224. The fraction of sp³-hybridized carbons (Fsp3) is 0.381. The first-order chi connectivity index (χ1) is 13.6. The number of carbonyl (C=O) groups excluding carboxylic acids is 1. The molecule has 6 nitrogen and oxygen atoms in total. The number of rotatable bonds is 8. The van der Waals surface area contributed by atoms with Crippen molar-refractivity contribution in [3.8, 4) is 5.75 Å². The first-order valence-corrected chi connectivity index (χ1v) is 11.3. The van der Waals surface area contributed by atoms with Gasteiger partial charge in [0.15, 0.2) is 6.10 Å². The molecule has 2 aromatic rings. The zero-order chi connectivity index (χ0) is 21.8. The van der Waals surface area contributed by atoms with Crippen molar-refractivity contribution >= 4 is 33.2 Å². The minimum absolute atomic E-state index is 0.190. The summed E-state index contributed by atoms with van der Waals surface area (Å²) >= 11 is 6.16. The van der Waals surface area contributed by atoms with Gasteiger partial charge in [-0.05, 0) is 68.3 Å². The molecule has 0 bridgehead atoms. The Morgan fingerprint density at radius 2 is 1.62 bits per heavy atom. The Labute approximate surface area is 177 Å². The van der Waals surface area contributed by atoms with Gasteiger partial charge in [-0.1, -0.05) is 25.4 Å². The van der Waals surface area contributed by atoms with E-state index >= 15 is 0 Å². The fourth-order valence-corrected chi connectivity index (χ4v) is 4.47. The van der Waals surface area contributed by atoms with Crippen LogP contribution < -0.4 is 10.1 Å². The molecular weight excluding hydrogens is 412 g/mol. The Morgan fingerprint density at radius 1 is 1.10 bits per heavy atom. The maximum Gasteiger partial charge on any atom is 0.265 e. The van der Waals surface area contributed by atoms with Crippen LogP contribution in [-0.4, -0.2) is 37.8 Å². The predicted molar refractivity (Wildman–Crippen MR) is 116 cm³/mol. The molecule has 0 aliphatic carbocycles. The van der Waals surface area contributed by atoms with Crippen molar-refractivity contribution in [3.05, 3.63) is 52.5 Å². The van der Waals surface area contributed by atoms with E-state index in [2.05, 4.69) is 5.32 Å². The van der Waals surface area contributed by atoms with E-state index in [-0.39, 0.29) is 10.8 Å². The highest BCUT2D eigenvalue weighted by Crippen LogP contribution is 2.26. The van der Waals surface area contributed by atoms with Crippen LogP contribution in [0.5, 0.6) is 5.75 Å². The second kappa shape index (κ2) is 9.61. The van der Waals surface area contributed by atoms with Gasteiger partial charge in [-0.25, -0.2) is 8.42 Å². The first-order valence-electron chi connectivity index (χ1n) is 9.44. The molecule has 8 heteroatoms. The molecule has 2 aromatic carbocycles. The predicted octanol–water partition coefficient (Wildman–Crippen LogP) is 4.39. The zero-order valence-corrected chi connectivity index (χ0v) is 18.9. The van der Waals surface area contributed by atoms with Crippen LogP contribution in [0.15, 0.2) is 41.3 Å². The lowest BCUT2D eigenvalue weighted by Gasteiger charge is -2.19. The number of benzene rings is 2. The van der Waals surface area contributed by atoms with Crippen LogP contribution in [0.3, 0.4) is 0 Å². The third-order valence-corrected chi connectivity index (χ3v) is 7.22. The molecule has 2 rings (SSSR count). The highest BCUT2D eigenvalue weighted by molar-refractivity contribution is 7.89. The normalized spacial score (nSPS) is 12.7. The van der Waals surface area contributed by atoms with Gasteiger partial charge in [-0.3, -0.25) is 4.79 Å². The van der Waals surface area contributed by atoms with Gasteiger partial charge >= 0.3 is 0 Å². The lowest BCUT2D eigenvalue weighted by Crippen LogP contribution is -2.31. The maximum atomic E-state index is 12.5. The molecule has 0 unspecified atom stereocenters. The molecule has 0 aliphatic heterocycles. The molecule has 0 saturated heterocycles. The number of hydrogen-bond acceptors (Lipinski definition) is 4. The Balaban J connectivity index is 2.07. The molecule has 29 heavy (non-hydrogen) atoms. The van der Waals surface area contributed by atoms with Crippen LogP contribution >= 0.6 is 11.6 Å². The summed E-state index contributed by atoms with van der Waals surface area (Å²) in [5.41, 5.74) is 2.24. The zero-order valence-electron chi connectivity index (χ0n) is 17.3. The maximum absolute atomic E-state index is 12.5. The van der Waals surface area contributed by atoms with E-state index in [1.165, 1.54) is 16.4 Å². The molecule has 0 aliphatic rings. The SMILES string of the molecule is CCN(CC)S(=O)(=O)c1ccc(NC(=O)[C@H](C)Oc2cc(C)c(Cl)c(C)c2)cc1. The Kier molecular flexibility index (Phi) is 7.68. The van der Waals surface area contributed by atoms with E-state index in [1.54, 1.807) is 45.0 Å². The van der Waals surface area contributed by atoms with E-state index in [9.17, 15) is 13.2 Å². The molecule has 1 N–H and O–H groups in total. The van der Waals surface area contributed by atoms with Crippen LogP contribution in [0, 0.1) is 13.8 Å². The van der Waals surface area contributed by atoms with Gasteiger partial charge in [0.1, 0.15) is 5.75 Å². The average Bonchev–Trinajstić information content (AvgIpc) is 2.67. The van der Waals surface area contributed by atoms with Gasteiger partial charge in [0.05, 0.1) is 4.90 Å². The summed E-state index contributed by atoms with van der Waals surface area (Å²) in [6.45, 7) is 9.78. The van der Waals surface area contributed by atoms with Crippen LogP contribution in [0.4, 0.5) is 5.69 Å². The molecule has 0 spiro atoms. The van der Waals surface area contributed by atoms with E-state index in [0.29, 0.717) is 29.5 Å². The topological polar surface area (TPSA) is 75.7 Å². The summed E-state index contributed by atoms with van der Waals surface area (Å²) in [6.07, 6.45) is -0.742. The van der Waals surface area contributed by atoms with Crippen LogP contribution in [0.25, 0.3) is 0 Å². The van der Waals surface area contributed by atoms with Gasteiger partial charge < -0.3 is 10.1 Å². The highest BCUT2D eigenvalue weighted by Gasteiger charge is 2.22. The number of sulfonamides is 1. The summed E-state index contributed by atoms with van der Waals surface area (Å²) < 4.78 is 32.2. The van der Waals surface area contributed by atoms with Crippen LogP contribution in [0.2, 0.25) is 5.02 Å². The van der Waals surface area contributed by atoms with Crippen LogP contribution in [-0.2, 0) is 14.8 Å². The molecule has 0 radical (unpaired) electrons. The van der Waals surface area contributed by atoms with Gasteiger partial charge in [0.2, 0.25) is 10.0 Å². The van der Waals surface area contributed by atoms with E-state index in [1.807, 2.05) is 13.8 Å². The number of aryl methyl sites for hydroxylation is 2. The minimum atomic E-state index is -3.53. The molecule has 0 saturated carbocycles. The van der Waals surface area contributed by atoms with E-state index < -0.39 is 16.1 Å². The standard InChI is InChI=1S/C21H27ClN2O4S/c1-6-24(7-2)29(26,27)19-10-8-17(9-11-19)23-21(25)16(5)28-18-12-14(3)20(22)15(4)13-18/h8-13,16H,6-7H2,1-5H3,(H,23,25)/t16-/m0/s1. The number of ether oxygens (including phenoxy) is 1. The van der Waals surface area contributed by atoms with E-state index in [4.69, 9.17) is 16.3 Å². The lowest BCUT2D eigenvalue weighted by molar-refractivity contribution is -0.122. The summed E-state index contributed by atoms with van der Waals surface area (Å²) in [7, 11) is -3.53. The van der Waals surface area contributed by atoms with Crippen molar-refractivity contribution in [2.75, 3.05) is 18.4 Å². The largest absolute Gasteiger partial charge is 0.481 e. The van der Waals surface area contributed by atoms with Gasteiger partial charge in [0, 0.05) is 23.8 Å². The number of carbonyl (C=O) groups is 1. The van der Waals surface area contributed by atoms with Crippen molar-refractivity contribution < 1.29 is 17.9 Å². The number of hydrogen-bond donors (Lipinski definition) is 1. The molecule has 1 amide bonds. The molecule has 158 valence electrons. The third-order valence-electron chi connectivity index (χ3n) is 4.56. The van der Waals surface area contributed by atoms with Crippen molar-refractivity contribution in [1.82, 2.24) is 4.31 Å². The van der Waals surface area contributed by atoms with Crippen molar-refractivity contribution in [1.29, 1.82) is 0 Å². The minimum Gasteiger partial charge on any atom is -0.481 e. The second-order valence-electron chi connectivity index (χ2n) is 6.73. The molecule has 0 aromatic heterocycles.